The zero-order valence-electron chi connectivity index (χ0n) is 18.9. The maximum Gasteiger partial charge on any atom is 0.155 e. The Hall–Kier alpha value is -3.55. The van der Waals surface area contributed by atoms with Gasteiger partial charge in [0, 0.05) is 38.9 Å². The molecule has 1 N–H and O–H groups in total. The maximum absolute atomic E-state index is 10.0. The summed E-state index contributed by atoms with van der Waals surface area (Å²) in [4.78, 5) is 14.6. The standard InChI is InChI=1S/C25H16N.C5H8O2.Pt/c1-2-13-22-18(7-1)8-4-14-23(22)20-10-3-11-21(17-20)24-15-5-9-19-12-6-16-26-25(19)24;1-4(6)3-5(2)7;/h1-10,12-17H;3,6H,1-2H3;/q-1;;/b;4-3-;. The molecule has 0 saturated heterocycles. The van der Waals surface area contributed by atoms with E-state index < -0.39 is 0 Å². The Labute approximate surface area is 214 Å². The normalized spacial score (nSPS) is 10.8. The predicted molar refractivity (Wildman–Crippen MR) is 136 cm³/mol. The second-order valence-electron chi connectivity index (χ2n) is 7.79. The molecule has 0 aliphatic heterocycles. The van der Waals surface area contributed by atoms with E-state index in [-0.39, 0.29) is 32.6 Å². The maximum atomic E-state index is 10.0. The van der Waals surface area contributed by atoms with Crippen molar-refractivity contribution in [2.24, 2.45) is 0 Å². The summed E-state index contributed by atoms with van der Waals surface area (Å²) in [6.07, 6.45) is 3.01. The Kier molecular flexibility index (Phi) is 8.51. The van der Waals surface area contributed by atoms with Gasteiger partial charge in [-0.25, -0.2) is 0 Å². The monoisotopic (exact) mass is 625 g/mol. The van der Waals surface area contributed by atoms with Gasteiger partial charge in [-0.05, 0) is 41.6 Å². The van der Waals surface area contributed by atoms with Crippen LogP contribution >= 0.6 is 0 Å². The second kappa shape index (κ2) is 11.5. The number of ketones is 1. The van der Waals surface area contributed by atoms with Crippen LogP contribution in [-0.2, 0) is 25.9 Å². The molecule has 1 aromatic heterocycles. The molecule has 0 spiro atoms. The molecule has 0 bridgehead atoms. The number of aliphatic hydroxyl groups excluding tert-OH is 1. The number of carbonyl (C=O) groups excluding carboxylic acids is 1. The van der Waals surface area contributed by atoms with Crippen LogP contribution in [0, 0.1) is 6.07 Å². The molecule has 0 radical (unpaired) electrons. The number of hydrogen-bond donors (Lipinski definition) is 1. The molecule has 0 unspecified atom stereocenters. The van der Waals surface area contributed by atoms with Crippen LogP contribution < -0.4 is 0 Å². The first kappa shape index (κ1) is 25.1. The minimum atomic E-state index is -0.125. The molecule has 0 amide bonds. The fourth-order valence-corrected chi connectivity index (χ4v) is 3.88. The molecule has 5 aromatic rings. The van der Waals surface area contributed by atoms with E-state index in [2.05, 4.69) is 89.9 Å². The van der Waals surface area contributed by atoms with Crippen molar-refractivity contribution in [1.82, 2.24) is 4.98 Å². The average molecular weight is 626 g/mol. The quantitative estimate of drug-likeness (QED) is 0.128. The Morgan fingerprint density at radius 3 is 2.26 bits per heavy atom. The number of allylic oxidation sites excluding steroid dienone is 2. The van der Waals surface area contributed by atoms with Crippen LogP contribution in [0.15, 0.2) is 109 Å². The van der Waals surface area contributed by atoms with E-state index in [0.717, 1.165) is 22.0 Å². The minimum Gasteiger partial charge on any atom is -0.512 e. The fraction of sp³-hybridized carbons (Fsp3) is 0.0667. The van der Waals surface area contributed by atoms with Crippen LogP contribution in [0.4, 0.5) is 0 Å². The summed E-state index contributed by atoms with van der Waals surface area (Å²) in [5.41, 5.74) is 5.64. The molecule has 4 aromatic carbocycles. The van der Waals surface area contributed by atoms with Crippen molar-refractivity contribution in [3.8, 4) is 22.3 Å². The molecular weight excluding hydrogens is 601 g/mol. The number of hydrogen-bond acceptors (Lipinski definition) is 3. The van der Waals surface area contributed by atoms with Gasteiger partial charge in [0.25, 0.3) is 0 Å². The largest absolute Gasteiger partial charge is 0.512 e. The first-order valence-electron chi connectivity index (χ1n) is 10.7. The number of nitrogens with zero attached hydrogens (tertiary/aromatic N) is 1. The van der Waals surface area contributed by atoms with E-state index in [1.54, 1.807) is 0 Å². The van der Waals surface area contributed by atoms with Gasteiger partial charge in [0.2, 0.25) is 0 Å². The van der Waals surface area contributed by atoms with E-state index in [9.17, 15) is 4.79 Å². The van der Waals surface area contributed by atoms with E-state index in [4.69, 9.17) is 5.11 Å². The van der Waals surface area contributed by atoms with Crippen molar-refractivity contribution < 1.29 is 31.0 Å². The third-order valence-corrected chi connectivity index (χ3v) is 5.24. The SMILES string of the molecule is CC(=O)/C=C(/C)O.[Pt].[c-]1ccc(-c2cccc3ccccc23)cc1-c1cccc2cccnc12. The van der Waals surface area contributed by atoms with Crippen LogP contribution in [-0.4, -0.2) is 15.9 Å². The van der Waals surface area contributed by atoms with Gasteiger partial charge < -0.3 is 5.11 Å². The van der Waals surface area contributed by atoms with Crippen LogP contribution in [0.3, 0.4) is 0 Å². The molecule has 0 fully saturated rings. The fourth-order valence-electron chi connectivity index (χ4n) is 3.88. The molecule has 4 heteroatoms. The molecular formula is C30H24NO2Pt-. The predicted octanol–water partition coefficient (Wildman–Crippen LogP) is 7.56. The molecule has 0 atom stereocenters. The van der Waals surface area contributed by atoms with Gasteiger partial charge in [0.15, 0.2) is 5.78 Å². The first-order chi connectivity index (χ1) is 16.0. The van der Waals surface area contributed by atoms with Crippen molar-refractivity contribution >= 4 is 27.5 Å². The van der Waals surface area contributed by atoms with Gasteiger partial charge in [0.1, 0.15) is 0 Å². The Morgan fingerprint density at radius 2 is 1.53 bits per heavy atom. The Morgan fingerprint density at radius 1 is 0.853 bits per heavy atom. The summed E-state index contributed by atoms with van der Waals surface area (Å²) in [5, 5.41) is 12.0. The summed E-state index contributed by atoms with van der Waals surface area (Å²) in [6.45, 7) is 2.85. The van der Waals surface area contributed by atoms with Crippen LogP contribution in [0.1, 0.15) is 13.8 Å². The summed E-state index contributed by atoms with van der Waals surface area (Å²) in [5.74, 6) is -0.0625. The van der Waals surface area contributed by atoms with E-state index in [1.165, 1.54) is 41.8 Å². The number of benzene rings is 4. The van der Waals surface area contributed by atoms with Crippen LogP contribution in [0.2, 0.25) is 0 Å². The van der Waals surface area contributed by atoms with E-state index in [1.807, 2.05) is 18.3 Å². The Balaban J connectivity index is 0.000000357. The van der Waals surface area contributed by atoms with Crippen molar-refractivity contribution in [2.45, 2.75) is 13.8 Å². The molecule has 34 heavy (non-hydrogen) atoms. The third kappa shape index (κ3) is 5.87. The zero-order valence-corrected chi connectivity index (χ0v) is 21.2. The third-order valence-electron chi connectivity index (χ3n) is 5.24. The van der Waals surface area contributed by atoms with Crippen molar-refractivity contribution in [3.63, 3.8) is 0 Å². The van der Waals surface area contributed by atoms with Crippen LogP contribution in [0.25, 0.3) is 43.9 Å². The smallest absolute Gasteiger partial charge is 0.155 e. The van der Waals surface area contributed by atoms with Gasteiger partial charge in [-0.2, -0.15) is 0 Å². The summed E-state index contributed by atoms with van der Waals surface area (Å²) >= 11 is 0. The van der Waals surface area contributed by atoms with Gasteiger partial charge in [-0.15, -0.1) is 35.4 Å². The number of rotatable bonds is 3. The van der Waals surface area contributed by atoms with Gasteiger partial charge in [-0.1, -0.05) is 72.3 Å². The van der Waals surface area contributed by atoms with Crippen LogP contribution in [0.5, 0.6) is 0 Å². The van der Waals surface area contributed by atoms with E-state index in [0.29, 0.717) is 0 Å². The zero-order chi connectivity index (χ0) is 23.2. The van der Waals surface area contributed by atoms with Gasteiger partial charge >= 0.3 is 0 Å². The summed E-state index contributed by atoms with van der Waals surface area (Å²) in [6, 6.07) is 35.1. The molecule has 1 heterocycles. The van der Waals surface area contributed by atoms with Gasteiger partial charge in [-0.3, -0.25) is 9.78 Å². The van der Waals surface area contributed by atoms with Gasteiger partial charge in [0.05, 0.1) is 5.76 Å². The number of para-hydroxylation sites is 1. The molecule has 5 rings (SSSR count). The molecule has 0 aliphatic carbocycles. The Bertz CT molecular complexity index is 1360. The number of aromatic nitrogens is 1. The molecule has 3 nitrogen and oxygen atoms in total. The number of pyridine rings is 1. The first-order valence-corrected chi connectivity index (χ1v) is 10.7. The average Bonchev–Trinajstić information content (AvgIpc) is 2.83. The number of fused-ring (bicyclic) bond motifs is 2. The second-order valence-corrected chi connectivity index (χ2v) is 7.79. The molecule has 0 aliphatic rings. The van der Waals surface area contributed by atoms with Crippen molar-refractivity contribution in [2.75, 3.05) is 0 Å². The molecule has 172 valence electrons. The topological polar surface area (TPSA) is 50.2 Å². The van der Waals surface area contributed by atoms with Crippen molar-refractivity contribution in [3.05, 3.63) is 115 Å². The van der Waals surface area contributed by atoms with E-state index >= 15 is 0 Å². The molecule has 0 saturated carbocycles. The summed E-state index contributed by atoms with van der Waals surface area (Å²) in [7, 11) is 0. The number of aliphatic hydroxyl groups is 1. The number of carbonyl (C=O) groups is 1. The summed E-state index contributed by atoms with van der Waals surface area (Å²) < 4.78 is 0. The van der Waals surface area contributed by atoms with Crippen molar-refractivity contribution in [1.29, 1.82) is 0 Å². The minimum absolute atomic E-state index is 0.